The third-order valence-corrected chi connectivity index (χ3v) is 3.37. The molecule has 102 valence electrons. The molecule has 0 aliphatic carbocycles. The van der Waals surface area contributed by atoms with E-state index in [0.717, 1.165) is 31.5 Å². The number of benzene rings is 1. The molecule has 19 heavy (non-hydrogen) atoms. The first-order chi connectivity index (χ1) is 9.18. The molecule has 0 saturated carbocycles. The number of thiocarbonyl (C=S) groups is 1. The minimum atomic E-state index is 0.253. The molecule has 4 nitrogen and oxygen atoms in total. The minimum absolute atomic E-state index is 0.253. The Kier molecular flexibility index (Phi) is 4.74. The van der Waals surface area contributed by atoms with E-state index in [-0.39, 0.29) is 5.91 Å². The highest BCUT2D eigenvalue weighted by Gasteiger charge is 2.19. The molecule has 1 aliphatic rings. The maximum absolute atomic E-state index is 11.4. The lowest BCUT2D eigenvalue weighted by molar-refractivity contribution is -0.127. The van der Waals surface area contributed by atoms with Crippen molar-refractivity contribution in [2.24, 2.45) is 5.73 Å². The number of carbonyl (C=O) groups excluding carboxylic acids is 1. The molecule has 1 amide bonds. The summed E-state index contributed by atoms with van der Waals surface area (Å²) < 4.78 is 5.69. The van der Waals surface area contributed by atoms with Gasteiger partial charge in [-0.3, -0.25) is 4.79 Å². The zero-order valence-corrected chi connectivity index (χ0v) is 11.6. The van der Waals surface area contributed by atoms with Gasteiger partial charge in [-0.1, -0.05) is 24.4 Å². The lowest BCUT2D eigenvalue weighted by Gasteiger charge is -2.16. The van der Waals surface area contributed by atoms with Gasteiger partial charge in [0.2, 0.25) is 5.91 Å². The van der Waals surface area contributed by atoms with Crippen molar-refractivity contribution in [1.82, 2.24) is 4.90 Å². The maximum atomic E-state index is 11.4. The van der Waals surface area contributed by atoms with Crippen LogP contribution >= 0.6 is 12.2 Å². The number of nitrogens with zero attached hydrogens (tertiary/aromatic N) is 1. The predicted molar refractivity (Wildman–Crippen MR) is 78.3 cm³/mol. The molecule has 0 radical (unpaired) electrons. The molecule has 1 aliphatic heterocycles. The first kappa shape index (κ1) is 13.8. The smallest absolute Gasteiger partial charge is 0.222 e. The Morgan fingerprint density at radius 1 is 1.42 bits per heavy atom. The van der Waals surface area contributed by atoms with Crippen LogP contribution in [-0.4, -0.2) is 35.5 Å². The van der Waals surface area contributed by atoms with Gasteiger partial charge in [0.15, 0.2) is 0 Å². The number of carbonyl (C=O) groups is 1. The van der Waals surface area contributed by atoms with Gasteiger partial charge in [-0.05, 0) is 25.0 Å². The fourth-order valence-corrected chi connectivity index (χ4v) is 2.34. The van der Waals surface area contributed by atoms with Crippen LogP contribution < -0.4 is 10.5 Å². The highest BCUT2D eigenvalue weighted by Crippen LogP contribution is 2.18. The summed E-state index contributed by atoms with van der Waals surface area (Å²) in [4.78, 5) is 13.7. The SMILES string of the molecule is NC(=S)c1ccccc1OCCCN1CCCC1=O. The molecular formula is C14H18N2O2S. The van der Waals surface area contributed by atoms with E-state index in [4.69, 9.17) is 22.7 Å². The average molecular weight is 278 g/mol. The molecule has 1 aromatic carbocycles. The van der Waals surface area contributed by atoms with E-state index in [1.54, 1.807) is 0 Å². The predicted octanol–water partition coefficient (Wildman–Crippen LogP) is 1.71. The van der Waals surface area contributed by atoms with Crippen molar-refractivity contribution >= 4 is 23.1 Å². The quantitative estimate of drug-likeness (QED) is 0.636. The second kappa shape index (κ2) is 6.52. The number of hydrogen-bond acceptors (Lipinski definition) is 3. The van der Waals surface area contributed by atoms with Crippen LogP contribution in [0.2, 0.25) is 0 Å². The lowest BCUT2D eigenvalue weighted by atomic mass is 10.2. The van der Waals surface area contributed by atoms with Gasteiger partial charge in [-0.2, -0.15) is 0 Å². The second-order valence-electron chi connectivity index (χ2n) is 4.55. The fraction of sp³-hybridized carbons (Fsp3) is 0.429. The van der Waals surface area contributed by atoms with E-state index in [1.165, 1.54) is 0 Å². The number of hydrogen-bond donors (Lipinski definition) is 1. The van der Waals surface area contributed by atoms with Crippen LogP contribution in [0.4, 0.5) is 0 Å². The fourth-order valence-electron chi connectivity index (χ4n) is 2.17. The third-order valence-electron chi connectivity index (χ3n) is 3.15. The number of ether oxygens (including phenoxy) is 1. The molecule has 0 atom stereocenters. The summed E-state index contributed by atoms with van der Waals surface area (Å²) in [7, 11) is 0. The number of rotatable bonds is 6. The van der Waals surface area contributed by atoms with Gasteiger partial charge in [-0.15, -0.1) is 0 Å². The summed E-state index contributed by atoms with van der Waals surface area (Å²) in [5.41, 5.74) is 6.39. The third kappa shape index (κ3) is 3.67. The average Bonchev–Trinajstić information content (AvgIpc) is 2.80. The topological polar surface area (TPSA) is 55.6 Å². The van der Waals surface area contributed by atoms with Crippen molar-refractivity contribution in [2.75, 3.05) is 19.7 Å². The molecular weight excluding hydrogens is 260 g/mol. The van der Waals surface area contributed by atoms with Crippen molar-refractivity contribution in [3.05, 3.63) is 29.8 Å². The van der Waals surface area contributed by atoms with Crippen LogP contribution in [0.3, 0.4) is 0 Å². The number of nitrogens with two attached hydrogens (primary N) is 1. The number of amides is 1. The molecule has 5 heteroatoms. The summed E-state index contributed by atoms with van der Waals surface area (Å²) in [5.74, 6) is 0.964. The Hall–Kier alpha value is -1.62. The van der Waals surface area contributed by atoms with Gasteiger partial charge in [0.05, 0.1) is 12.2 Å². The summed E-state index contributed by atoms with van der Waals surface area (Å²) in [5, 5.41) is 0. The van der Waals surface area contributed by atoms with Crippen molar-refractivity contribution in [3.8, 4) is 5.75 Å². The maximum Gasteiger partial charge on any atom is 0.222 e. The molecule has 1 fully saturated rings. The molecule has 0 bridgehead atoms. The van der Waals surface area contributed by atoms with Gasteiger partial charge < -0.3 is 15.4 Å². The van der Waals surface area contributed by atoms with E-state index in [1.807, 2.05) is 29.2 Å². The summed E-state index contributed by atoms with van der Waals surface area (Å²) in [6.45, 7) is 2.19. The van der Waals surface area contributed by atoms with Crippen LogP contribution in [0.1, 0.15) is 24.8 Å². The van der Waals surface area contributed by atoms with Crippen LogP contribution in [0, 0.1) is 0 Å². The highest BCUT2D eigenvalue weighted by molar-refractivity contribution is 7.80. The molecule has 0 spiro atoms. The number of likely N-dealkylation sites (tertiary alicyclic amines) is 1. The van der Waals surface area contributed by atoms with E-state index < -0.39 is 0 Å². The zero-order valence-electron chi connectivity index (χ0n) is 10.8. The number of para-hydroxylation sites is 1. The van der Waals surface area contributed by atoms with Crippen LogP contribution in [0.5, 0.6) is 5.75 Å². The molecule has 1 aromatic rings. The Bertz CT molecular complexity index is 476. The second-order valence-corrected chi connectivity index (χ2v) is 4.99. The molecule has 1 saturated heterocycles. The summed E-state index contributed by atoms with van der Waals surface area (Å²) in [6, 6.07) is 7.47. The van der Waals surface area contributed by atoms with Crippen LogP contribution in [0.15, 0.2) is 24.3 Å². The monoisotopic (exact) mass is 278 g/mol. The molecule has 0 unspecified atom stereocenters. The van der Waals surface area contributed by atoms with Gasteiger partial charge in [0.25, 0.3) is 0 Å². The summed E-state index contributed by atoms with van der Waals surface area (Å²) in [6.07, 6.45) is 2.48. The van der Waals surface area contributed by atoms with E-state index in [0.29, 0.717) is 23.8 Å². The summed E-state index contributed by atoms with van der Waals surface area (Å²) >= 11 is 4.98. The Labute approximate surface area is 118 Å². The van der Waals surface area contributed by atoms with Crippen LogP contribution in [0.25, 0.3) is 0 Å². The molecule has 2 rings (SSSR count). The first-order valence-electron chi connectivity index (χ1n) is 6.48. The van der Waals surface area contributed by atoms with Gasteiger partial charge in [-0.25, -0.2) is 0 Å². The molecule has 1 heterocycles. The van der Waals surface area contributed by atoms with E-state index >= 15 is 0 Å². The lowest BCUT2D eigenvalue weighted by Crippen LogP contribution is -2.26. The van der Waals surface area contributed by atoms with Gasteiger partial charge in [0, 0.05) is 19.5 Å². The largest absolute Gasteiger partial charge is 0.493 e. The normalized spacial score (nSPS) is 14.7. The Morgan fingerprint density at radius 2 is 2.21 bits per heavy atom. The van der Waals surface area contributed by atoms with Gasteiger partial charge in [0.1, 0.15) is 10.7 Å². The van der Waals surface area contributed by atoms with Crippen molar-refractivity contribution in [2.45, 2.75) is 19.3 Å². The highest BCUT2D eigenvalue weighted by atomic mass is 32.1. The van der Waals surface area contributed by atoms with Crippen molar-refractivity contribution in [3.63, 3.8) is 0 Å². The Balaban J connectivity index is 1.79. The Morgan fingerprint density at radius 3 is 2.89 bits per heavy atom. The zero-order chi connectivity index (χ0) is 13.7. The van der Waals surface area contributed by atoms with E-state index in [2.05, 4.69) is 0 Å². The minimum Gasteiger partial charge on any atom is -0.493 e. The van der Waals surface area contributed by atoms with Crippen LogP contribution in [-0.2, 0) is 4.79 Å². The molecule has 0 aromatic heterocycles. The standard InChI is InChI=1S/C14H18N2O2S/c15-14(19)11-5-1-2-6-12(11)18-10-4-9-16-8-3-7-13(16)17/h1-2,5-6H,3-4,7-10H2,(H2,15,19). The molecule has 2 N–H and O–H groups in total. The van der Waals surface area contributed by atoms with Crippen molar-refractivity contribution in [1.29, 1.82) is 0 Å². The first-order valence-corrected chi connectivity index (χ1v) is 6.88. The van der Waals surface area contributed by atoms with E-state index in [9.17, 15) is 4.79 Å². The van der Waals surface area contributed by atoms with Gasteiger partial charge >= 0.3 is 0 Å². The van der Waals surface area contributed by atoms with Crippen molar-refractivity contribution < 1.29 is 9.53 Å².